The Bertz CT molecular complexity index is 656. The van der Waals surface area contributed by atoms with E-state index >= 15 is 0 Å². The number of hydrogen-bond donors (Lipinski definition) is 1. The van der Waals surface area contributed by atoms with Crippen molar-refractivity contribution < 1.29 is 4.74 Å². The molecule has 1 aliphatic heterocycles. The van der Waals surface area contributed by atoms with Gasteiger partial charge in [-0.25, -0.2) is 0 Å². The van der Waals surface area contributed by atoms with Crippen molar-refractivity contribution in [1.29, 1.82) is 5.26 Å². The summed E-state index contributed by atoms with van der Waals surface area (Å²) in [4.78, 5) is 0. The molecule has 2 heterocycles. The zero-order valence-electron chi connectivity index (χ0n) is 10.7. The van der Waals surface area contributed by atoms with Gasteiger partial charge in [0.2, 0.25) is 0 Å². The Morgan fingerprint density at radius 3 is 2.95 bits per heavy atom. The predicted octanol–water partition coefficient (Wildman–Crippen LogP) is 2.09. The van der Waals surface area contributed by atoms with Crippen LogP contribution in [0.1, 0.15) is 19.0 Å². The first kappa shape index (κ1) is 11.9. The third kappa shape index (κ3) is 2.11. The fourth-order valence-corrected chi connectivity index (χ4v) is 2.33. The predicted molar refractivity (Wildman–Crippen MR) is 71.7 cm³/mol. The number of aromatic nitrogens is 2. The summed E-state index contributed by atoms with van der Waals surface area (Å²) in [5.41, 5.74) is 1.71. The molecule has 1 aromatic heterocycles. The van der Waals surface area contributed by atoms with Crippen LogP contribution < -0.4 is 5.32 Å². The van der Waals surface area contributed by atoms with Crippen molar-refractivity contribution in [3.8, 4) is 6.07 Å². The number of fused-ring (bicyclic) bond motifs is 1. The molecule has 0 saturated carbocycles. The zero-order chi connectivity index (χ0) is 13.3. The van der Waals surface area contributed by atoms with Gasteiger partial charge in [-0.3, -0.25) is 0 Å². The van der Waals surface area contributed by atoms with Gasteiger partial charge in [-0.2, -0.15) is 5.26 Å². The van der Waals surface area contributed by atoms with Crippen LogP contribution in [0.15, 0.2) is 24.3 Å². The molecule has 0 radical (unpaired) electrons. The molecule has 5 heteroatoms. The van der Waals surface area contributed by atoms with Crippen molar-refractivity contribution in [3.05, 3.63) is 30.0 Å². The molecule has 0 aliphatic carbocycles. The summed E-state index contributed by atoms with van der Waals surface area (Å²) in [5.74, 6) is 0. The number of ether oxygens (including phenoxy) is 1. The molecule has 5 nitrogen and oxygen atoms in total. The molecule has 19 heavy (non-hydrogen) atoms. The minimum Gasteiger partial charge on any atom is -0.379 e. The molecule has 0 amide bonds. The highest BCUT2D eigenvalue weighted by atomic mass is 16.5. The Balaban J connectivity index is 2.12. The standard InChI is InChI=1S/C14H14N4O/c1-14(6-7-19-9-14)16-13-10-4-2-3-5-11(10)17-18-12(13)8-15/h2-5H,6-7,9H2,1H3,(H,16,17). The van der Waals surface area contributed by atoms with E-state index in [1.807, 2.05) is 24.3 Å². The largest absolute Gasteiger partial charge is 0.379 e. The lowest BCUT2D eigenvalue weighted by molar-refractivity contribution is 0.185. The first-order valence-electron chi connectivity index (χ1n) is 6.23. The van der Waals surface area contributed by atoms with Crippen molar-refractivity contribution in [1.82, 2.24) is 10.2 Å². The number of nitrogens with zero attached hydrogens (tertiary/aromatic N) is 3. The third-order valence-electron chi connectivity index (χ3n) is 3.42. The van der Waals surface area contributed by atoms with Gasteiger partial charge in [0.25, 0.3) is 0 Å². The Hall–Kier alpha value is -2.19. The topological polar surface area (TPSA) is 70.8 Å². The van der Waals surface area contributed by atoms with E-state index in [1.165, 1.54) is 0 Å². The maximum atomic E-state index is 9.21. The molecule has 3 rings (SSSR count). The summed E-state index contributed by atoms with van der Waals surface area (Å²) in [6, 6.07) is 9.79. The second kappa shape index (κ2) is 4.48. The van der Waals surface area contributed by atoms with Crippen molar-refractivity contribution in [3.63, 3.8) is 0 Å². The molecule has 1 aliphatic rings. The Morgan fingerprint density at radius 2 is 2.21 bits per heavy atom. The van der Waals surface area contributed by atoms with Crippen LogP contribution in [0.2, 0.25) is 0 Å². The lowest BCUT2D eigenvalue weighted by Gasteiger charge is -2.25. The molecule has 0 bridgehead atoms. The van der Waals surface area contributed by atoms with Crippen molar-refractivity contribution >= 4 is 16.6 Å². The average molecular weight is 254 g/mol. The first-order valence-corrected chi connectivity index (χ1v) is 6.23. The second-order valence-electron chi connectivity index (χ2n) is 5.04. The summed E-state index contributed by atoms with van der Waals surface area (Å²) < 4.78 is 5.44. The van der Waals surface area contributed by atoms with Crippen molar-refractivity contribution in [2.75, 3.05) is 18.5 Å². The SMILES string of the molecule is CC1(Nc2c(C#N)nnc3ccccc23)CCOC1. The lowest BCUT2D eigenvalue weighted by Crippen LogP contribution is -2.35. The molecular formula is C14H14N4O. The minimum atomic E-state index is -0.155. The van der Waals surface area contributed by atoms with E-state index in [1.54, 1.807) is 0 Å². The number of hydrogen-bond acceptors (Lipinski definition) is 5. The summed E-state index contributed by atoms with van der Waals surface area (Å²) in [6.45, 7) is 3.46. The normalized spacial score (nSPS) is 22.3. The molecular weight excluding hydrogens is 240 g/mol. The lowest BCUT2D eigenvalue weighted by atomic mass is 10.0. The minimum absolute atomic E-state index is 0.155. The average Bonchev–Trinajstić information content (AvgIpc) is 2.86. The monoisotopic (exact) mass is 254 g/mol. The highest BCUT2D eigenvalue weighted by molar-refractivity contribution is 5.93. The van der Waals surface area contributed by atoms with Gasteiger partial charge < -0.3 is 10.1 Å². The van der Waals surface area contributed by atoms with E-state index < -0.39 is 0 Å². The maximum absolute atomic E-state index is 9.21. The van der Waals surface area contributed by atoms with Gasteiger partial charge in [0.1, 0.15) is 6.07 Å². The third-order valence-corrected chi connectivity index (χ3v) is 3.42. The van der Waals surface area contributed by atoms with Gasteiger partial charge in [-0.15, -0.1) is 10.2 Å². The second-order valence-corrected chi connectivity index (χ2v) is 5.04. The van der Waals surface area contributed by atoms with Crippen LogP contribution in [0.3, 0.4) is 0 Å². The van der Waals surface area contributed by atoms with Gasteiger partial charge in [-0.05, 0) is 19.4 Å². The molecule has 1 unspecified atom stereocenters. The number of rotatable bonds is 2. The molecule has 1 N–H and O–H groups in total. The van der Waals surface area contributed by atoms with Crippen LogP contribution in [0.4, 0.5) is 5.69 Å². The molecule has 2 aromatic rings. The van der Waals surface area contributed by atoms with Crippen molar-refractivity contribution in [2.45, 2.75) is 18.9 Å². The fourth-order valence-electron chi connectivity index (χ4n) is 2.33. The van der Waals surface area contributed by atoms with Crippen LogP contribution >= 0.6 is 0 Å². The van der Waals surface area contributed by atoms with Gasteiger partial charge in [-0.1, -0.05) is 18.2 Å². The van der Waals surface area contributed by atoms with Gasteiger partial charge in [0.15, 0.2) is 5.69 Å². The van der Waals surface area contributed by atoms with E-state index in [-0.39, 0.29) is 5.54 Å². The summed E-state index contributed by atoms with van der Waals surface area (Å²) >= 11 is 0. The number of nitriles is 1. The number of benzene rings is 1. The van der Waals surface area contributed by atoms with Crippen LogP contribution in [0.25, 0.3) is 10.9 Å². The van der Waals surface area contributed by atoms with E-state index in [0.717, 1.165) is 29.6 Å². The number of anilines is 1. The van der Waals surface area contributed by atoms with E-state index in [2.05, 4.69) is 28.5 Å². The van der Waals surface area contributed by atoms with Gasteiger partial charge in [0, 0.05) is 12.0 Å². The molecule has 1 saturated heterocycles. The summed E-state index contributed by atoms with van der Waals surface area (Å²) in [6.07, 6.45) is 0.911. The molecule has 1 atom stereocenters. The molecule has 0 spiro atoms. The zero-order valence-corrected chi connectivity index (χ0v) is 10.7. The summed E-state index contributed by atoms with van der Waals surface area (Å²) in [7, 11) is 0. The smallest absolute Gasteiger partial charge is 0.186 e. The summed E-state index contributed by atoms with van der Waals surface area (Å²) in [5, 5.41) is 21.6. The van der Waals surface area contributed by atoms with Crippen LogP contribution in [0.5, 0.6) is 0 Å². The Morgan fingerprint density at radius 1 is 1.37 bits per heavy atom. The number of nitrogens with one attached hydrogen (secondary N) is 1. The van der Waals surface area contributed by atoms with Gasteiger partial charge in [0.05, 0.1) is 23.3 Å². The Labute approximate surface area is 111 Å². The van der Waals surface area contributed by atoms with Gasteiger partial charge >= 0.3 is 0 Å². The maximum Gasteiger partial charge on any atom is 0.186 e. The van der Waals surface area contributed by atoms with Crippen LogP contribution in [-0.4, -0.2) is 29.0 Å². The Kier molecular flexibility index (Phi) is 2.80. The molecule has 96 valence electrons. The van der Waals surface area contributed by atoms with Crippen LogP contribution in [0, 0.1) is 11.3 Å². The molecule has 1 fully saturated rings. The van der Waals surface area contributed by atoms with Crippen molar-refractivity contribution in [2.24, 2.45) is 0 Å². The van der Waals surface area contributed by atoms with E-state index in [0.29, 0.717) is 12.3 Å². The first-order chi connectivity index (χ1) is 9.22. The highest BCUT2D eigenvalue weighted by Crippen LogP contribution is 2.30. The van der Waals surface area contributed by atoms with E-state index in [9.17, 15) is 5.26 Å². The highest BCUT2D eigenvalue weighted by Gasteiger charge is 2.31. The fraction of sp³-hybridized carbons (Fsp3) is 0.357. The molecule has 1 aromatic carbocycles. The quantitative estimate of drug-likeness (QED) is 0.888. The van der Waals surface area contributed by atoms with Crippen LogP contribution in [-0.2, 0) is 4.74 Å². The van der Waals surface area contributed by atoms with E-state index in [4.69, 9.17) is 4.74 Å².